The van der Waals surface area contributed by atoms with E-state index in [1.165, 1.54) is 25.3 Å². The van der Waals surface area contributed by atoms with Crippen LogP contribution in [-0.2, 0) is 6.42 Å². The predicted molar refractivity (Wildman–Crippen MR) is 78.6 cm³/mol. The van der Waals surface area contributed by atoms with E-state index in [0.29, 0.717) is 23.8 Å². The van der Waals surface area contributed by atoms with E-state index < -0.39 is 11.6 Å². The molecule has 0 spiro atoms. The summed E-state index contributed by atoms with van der Waals surface area (Å²) in [6, 6.07) is 4.75. The molecule has 20 heavy (non-hydrogen) atoms. The maximum atomic E-state index is 13.9. The lowest BCUT2D eigenvalue weighted by atomic mass is 9.86. The van der Waals surface area contributed by atoms with Gasteiger partial charge in [-0.15, -0.1) is 0 Å². The van der Waals surface area contributed by atoms with Crippen molar-refractivity contribution in [2.24, 2.45) is 11.8 Å². The molecule has 1 N–H and O–H groups in total. The Labute approximate surface area is 120 Å². The van der Waals surface area contributed by atoms with Crippen LogP contribution in [0.1, 0.15) is 45.1 Å². The lowest BCUT2D eigenvalue weighted by molar-refractivity contribution is 0.292. The average molecular weight is 281 g/mol. The highest BCUT2D eigenvalue weighted by Gasteiger charge is 2.31. The van der Waals surface area contributed by atoms with Crippen molar-refractivity contribution < 1.29 is 8.78 Å². The van der Waals surface area contributed by atoms with Crippen LogP contribution in [0.15, 0.2) is 18.2 Å². The van der Waals surface area contributed by atoms with Gasteiger partial charge in [0.25, 0.3) is 0 Å². The number of hydrogen-bond donors (Lipinski definition) is 1. The van der Waals surface area contributed by atoms with Crippen LogP contribution in [0.3, 0.4) is 0 Å². The molecular formula is C17H25F2N. The van der Waals surface area contributed by atoms with Gasteiger partial charge in [-0.1, -0.05) is 38.8 Å². The van der Waals surface area contributed by atoms with Crippen LogP contribution in [0, 0.1) is 23.5 Å². The van der Waals surface area contributed by atoms with Crippen molar-refractivity contribution >= 4 is 0 Å². The highest BCUT2D eigenvalue weighted by molar-refractivity contribution is 5.20. The Morgan fingerprint density at radius 3 is 2.75 bits per heavy atom. The van der Waals surface area contributed by atoms with Crippen LogP contribution in [0.5, 0.6) is 0 Å². The molecule has 3 heteroatoms. The normalized spacial score (nSPS) is 24.0. The maximum absolute atomic E-state index is 13.9. The second kappa shape index (κ2) is 7.16. The molecule has 0 amide bonds. The number of nitrogens with one attached hydrogen (secondary N) is 1. The quantitative estimate of drug-likeness (QED) is 0.819. The van der Waals surface area contributed by atoms with Gasteiger partial charge in [0.05, 0.1) is 0 Å². The van der Waals surface area contributed by atoms with Gasteiger partial charge in [-0.2, -0.15) is 0 Å². The van der Waals surface area contributed by atoms with E-state index in [1.54, 1.807) is 12.1 Å². The second-order valence-electron chi connectivity index (χ2n) is 6.05. The molecule has 0 radical (unpaired) electrons. The smallest absolute Gasteiger partial charge is 0.162 e. The molecule has 0 bridgehead atoms. The summed E-state index contributed by atoms with van der Waals surface area (Å²) >= 11 is 0. The Morgan fingerprint density at radius 2 is 2.10 bits per heavy atom. The van der Waals surface area contributed by atoms with Crippen LogP contribution in [0.4, 0.5) is 8.78 Å². The molecule has 0 aliphatic heterocycles. The van der Waals surface area contributed by atoms with Crippen molar-refractivity contribution in [1.82, 2.24) is 5.32 Å². The summed E-state index contributed by atoms with van der Waals surface area (Å²) in [5, 5.41) is 3.55. The first-order valence-corrected chi connectivity index (χ1v) is 7.79. The van der Waals surface area contributed by atoms with Gasteiger partial charge < -0.3 is 5.32 Å². The summed E-state index contributed by atoms with van der Waals surface area (Å²) in [6.45, 7) is 5.34. The Kier molecular flexibility index (Phi) is 5.53. The van der Waals surface area contributed by atoms with E-state index in [2.05, 4.69) is 19.2 Å². The Morgan fingerprint density at radius 1 is 1.30 bits per heavy atom. The summed E-state index contributed by atoms with van der Waals surface area (Å²) in [5.74, 6) is -0.178. The fourth-order valence-corrected chi connectivity index (χ4v) is 3.42. The summed E-state index contributed by atoms with van der Waals surface area (Å²) in [7, 11) is 0. The summed E-state index contributed by atoms with van der Waals surface area (Å²) in [6.07, 6.45) is 5.34. The molecule has 1 aromatic carbocycles. The van der Waals surface area contributed by atoms with Crippen molar-refractivity contribution in [2.75, 3.05) is 6.54 Å². The number of rotatable bonds is 6. The van der Waals surface area contributed by atoms with Crippen molar-refractivity contribution in [1.29, 1.82) is 0 Å². The van der Waals surface area contributed by atoms with E-state index in [0.717, 1.165) is 13.0 Å². The van der Waals surface area contributed by atoms with E-state index >= 15 is 0 Å². The summed E-state index contributed by atoms with van der Waals surface area (Å²) < 4.78 is 27.2. The lowest BCUT2D eigenvalue weighted by Crippen LogP contribution is -2.40. The van der Waals surface area contributed by atoms with Gasteiger partial charge in [-0.25, -0.2) is 8.78 Å². The molecule has 112 valence electrons. The van der Waals surface area contributed by atoms with E-state index in [-0.39, 0.29) is 6.04 Å². The van der Waals surface area contributed by atoms with Crippen LogP contribution >= 0.6 is 0 Å². The number of hydrogen-bond acceptors (Lipinski definition) is 1. The van der Waals surface area contributed by atoms with Crippen molar-refractivity contribution in [3.05, 3.63) is 35.4 Å². The molecule has 1 fully saturated rings. The van der Waals surface area contributed by atoms with E-state index in [4.69, 9.17) is 0 Å². The minimum Gasteiger partial charge on any atom is -0.313 e. The molecule has 0 aromatic heterocycles. The largest absolute Gasteiger partial charge is 0.313 e. The van der Waals surface area contributed by atoms with Crippen molar-refractivity contribution in [3.63, 3.8) is 0 Å². The van der Waals surface area contributed by atoms with Gasteiger partial charge in [0.2, 0.25) is 0 Å². The third kappa shape index (κ3) is 3.57. The zero-order valence-electron chi connectivity index (χ0n) is 12.5. The lowest BCUT2D eigenvalue weighted by Gasteiger charge is -2.28. The van der Waals surface area contributed by atoms with Gasteiger partial charge in [0, 0.05) is 6.04 Å². The third-order valence-corrected chi connectivity index (χ3v) is 4.57. The Balaban J connectivity index is 2.12. The van der Waals surface area contributed by atoms with Gasteiger partial charge in [-0.05, 0) is 49.3 Å². The monoisotopic (exact) mass is 281 g/mol. The zero-order valence-corrected chi connectivity index (χ0v) is 12.5. The second-order valence-corrected chi connectivity index (χ2v) is 6.05. The fraction of sp³-hybridized carbons (Fsp3) is 0.647. The van der Waals surface area contributed by atoms with Crippen LogP contribution in [-0.4, -0.2) is 12.6 Å². The molecular weight excluding hydrogens is 256 g/mol. The fourth-order valence-electron chi connectivity index (χ4n) is 3.42. The first kappa shape index (κ1) is 15.4. The molecule has 1 saturated carbocycles. The molecule has 1 aliphatic rings. The third-order valence-electron chi connectivity index (χ3n) is 4.57. The van der Waals surface area contributed by atoms with Gasteiger partial charge in [-0.3, -0.25) is 0 Å². The van der Waals surface area contributed by atoms with Crippen LogP contribution in [0.2, 0.25) is 0 Å². The Hall–Kier alpha value is -0.960. The maximum Gasteiger partial charge on any atom is 0.162 e. The highest BCUT2D eigenvalue weighted by Crippen LogP contribution is 2.35. The molecule has 1 nitrogen and oxygen atoms in total. The SMILES string of the molecule is CCCNC(Cc1cccc(F)c1F)C1CCCC1C. The summed E-state index contributed by atoms with van der Waals surface area (Å²) in [5.41, 5.74) is 0.498. The molecule has 0 saturated heterocycles. The van der Waals surface area contributed by atoms with Crippen molar-refractivity contribution in [3.8, 4) is 0 Å². The first-order chi connectivity index (χ1) is 9.63. The Bertz CT molecular complexity index is 433. The zero-order chi connectivity index (χ0) is 14.5. The summed E-state index contributed by atoms with van der Waals surface area (Å²) in [4.78, 5) is 0. The van der Waals surface area contributed by atoms with E-state index in [1.807, 2.05) is 0 Å². The molecule has 3 atom stereocenters. The van der Waals surface area contributed by atoms with Gasteiger partial charge >= 0.3 is 0 Å². The topological polar surface area (TPSA) is 12.0 Å². The molecule has 1 aromatic rings. The van der Waals surface area contributed by atoms with Gasteiger partial charge in [0.15, 0.2) is 11.6 Å². The highest BCUT2D eigenvalue weighted by atomic mass is 19.2. The molecule has 1 aliphatic carbocycles. The predicted octanol–water partition coefficient (Wildman–Crippen LogP) is 4.31. The first-order valence-electron chi connectivity index (χ1n) is 7.79. The van der Waals surface area contributed by atoms with E-state index in [9.17, 15) is 8.78 Å². The molecule has 3 unspecified atom stereocenters. The standard InChI is InChI=1S/C17H25F2N/c1-3-10-20-16(14-8-4-6-12(14)2)11-13-7-5-9-15(18)17(13)19/h5,7,9,12,14,16,20H,3-4,6,8,10-11H2,1-2H3. The molecule has 2 rings (SSSR count). The number of halogens is 2. The van der Waals surface area contributed by atoms with Crippen LogP contribution in [0.25, 0.3) is 0 Å². The van der Waals surface area contributed by atoms with Crippen LogP contribution < -0.4 is 5.32 Å². The van der Waals surface area contributed by atoms with Crippen molar-refractivity contribution in [2.45, 2.75) is 52.0 Å². The number of benzene rings is 1. The van der Waals surface area contributed by atoms with Gasteiger partial charge in [0.1, 0.15) is 0 Å². The minimum atomic E-state index is -0.740. The molecule has 0 heterocycles. The minimum absolute atomic E-state index is 0.253. The average Bonchev–Trinajstić information content (AvgIpc) is 2.85.